The molecule has 3 nitrogen and oxygen atoms in total. The number of rotatable bonds is 3. The van der Waals surface area contributed by atoms with Crippen molar-refractivity contribution in [2.75, 3.05) is 18.4 Å². The van der Waals surface area contributed by atoms with Crippen LogP contribution in [0.2, 0.25) is 5.02 Å². The Hall–Kier alpha value is -1.27. The van der Waals surface area contributed by atoms with E-state index in [1.54, 1.807) is 0 Å². The van der Waals surface area contributed by atoms with Gasteiger partial charge in [-0.25, -0.2) is 0 Å². The standard InChI is InChI=1S/C15H18ClF3N2O/c1-10-4-2-3-7-21(10)9-14(22)20-13-6-5-11(16)8-12(13)15(17,18)19/h5-6,8,10H,2-4,7,9H2,1H3,(H,20,22)/t10-/m1/s1. The summed E-state index contributed by atoms with van der Waals surface area (Å²) in [7, 11) is 0. The maximum atomic E-state index is 13.0. The molecule has 1 aromatic carbocycles. The van der Waals surface area contributed by atoms with E-state index in [0.29, 0.717) is 0 Å². The Morgan fingerprint density at radius 3 is 2.77 bits per heavy atom. The number of carbonyl (C=O) groups excluding carboxylic acids is 1. The van der Waals surface area contributed by atoms with Crippen molar-refractivity contribution >= 4 is 23.2 Å². The number of piperidine rings is 1. The third kappa shape index (κ3) is 4.36. The summed E-state index contributed by atoms with van der Waals surface area (Å²) in [6.45, 7) is 2.91. The van der Waals surface area contributed by atoms with E-state index in [0.717, 1.165) is 31.9 Å². The van der Waals surface area contributed by atoms with Crippen molar-refractivity contribution in [2.24, 2.45) is 0 Å². The summed E-state index contributed by atoms with van der Waals surface area (Å²) in [4.78, 5) is 14.0. The molecule has 7 heteroatoms. The maximum Gasteiger partial charge on any atom is 0.418 e. The molecule has 0 unspecified atom stereocenters. The number of likely N-dealkylation sites (tertiary alicyclic amines) is 1. The zero-order valence-electron chi connectivity index (χ0n) is 12.2. The van der Waals surface area contributed by atoms with Crippen LogP contribution in [-0.2, 0) is 11.0 Å². The minimum absolute atomic E-state index is 0.0185. The highest BCUT2D eigenvalue weighted by Gasteiger charge is 2.34. The lowest BCUT2D eigenvalue weighted by Gasteiger charge is -2.32. The van der Waals surface area contributed by atoms with Gasteiger partial charge in [-0.3, -0.25) is 9.69 Å². The van der Waals surface area contributed by atoms with Gasteiger partial charge in [0, 0.05) is 11.1 Å². The summed E-state index contributed by atoms with van der Waals surface area (Å²) >= 11 is 5.61. The SMILES string of the molecule is C[C@@H]1CCCCN1CC(=O)Nc1ccc(Cl)cc1C(F)(F)F. The van der Waals surface area contributed by atoms with E-state index in [4.69, 9.17) is 11.6 Å². The van der Waals surface area contributed by atoms with Gasteiger partial charge in [0.05, 0.1) is 17.8 Å². The van der Waals surface area contributed by atoms with Gasteiger partial charge >= 0.3 is 6.18 Å². The first-order valence-electron chi connectivity index (χ1n) is 7.18. The molecule has 0 radical (unpaired) electrons. The van der Waals surface area contributed by atoms with Crippen LogP contribution in [0.25, 0.3) is 0 Å². The van der Waals surface area contributed by atoms with Crippen molar-refractivity contribution in [1.82, 2.24) is 4.90 Å². The molecule has 1 aromatic rings. The van der Waals surface area contributed by atoms with E-state index in [-0.39, 0.29) is 23.3 Å². The minimum Gasteiger partial charge on any atom is -0.324 e. The number of hydrogen-bond acceptors (Lipinski definition) is 2. The van der Waals surface area contributed by atoms with Crippen molar-refractivity contribution in [3.63, 3.8) is 0 Å². The van der Waals surface area contributed by atoms with Gasteiger partial charge in [-0.05, 0) is 44.5 Å². The van der Waals surface area contributed by atoms with Crippen molar-refractivity contribution in [3.8, 4) is 0 Å². The van der Waals surface area contributed by atoms with Gasteiger partial charge in [-0.1, -0.05) is 18.0 Å². The summed E-state index contributed by atoms with van der Waals surface area (Å²) < 4.78 is 38.9. The highest BCUT2D eigenvalue weighted by Crippen LogP contribution is 2.36. The van der Waals surface area contributed by atoms with Crippen LogP contribution in [0.3, 0.4) is 0 Å². The predicted molar refractivity (Wildman–Crippen MR) is 80.0 cm³/mol. The highest BCUT2D eigenvalue weighted by molar-refractivity contribution is 6.30. The second kappa shape index (κ2) is 6.87. The lowest BCUT2D eigenvalue weighted by Crippen LogP contribution is -2.42. The largest absolute Gasteiger partial charge is 0.418 e. The quantitative estimate of drug-likeness (QED) is 0.899. The number of nitrogens with one attached hydrogen (secondary N) is 1. The van der Waals surface area contributed by atoms with Crippen LogP contribution in [0.5, 0.6) is 0 Å². The molecule has 1 fully saturated rings. The number of anilines is 1. The van der Waals surface area contributed by atoms with Crippen LogP contribution < -0.4 is 5.32 Å². The van der Waals surface area contributed by atoms with Gasteiger partial charge in [0.15, 0.2) is 0 Å². The van der Waals surface area contributed by atoms with Gasteiger partial charge in [-0.15, -0.1) is 0 Å². The molecule has 0 spiro atoms. The zero-order chi connectivity index (χ0) is 16.3. The van der Waals surface area contributed by atoms with Crippen molar-refractivity contribution in [2.45, 2.75) is 38.4 Å². The Kier molecular flexibility index (Phi) is 5.34. The zero-order valence-corrected chi connectivity index (χ0v) is 13.0. The highest BCUT2D eigenvalue weighted by atomic mass is 35.5. The van der Waals surface area contributed by atoms with Crippen LogP contribution in [0.15, 0.2) is 18.2 Å². The van der Waals surface area contributed by atoms with Gasteiger partial charge in [0.1, 0.15) is 0 Å². The van der Waals surface area contributed by atoms with Crippen LogP contribution in [0.1, 0.15) is 31.7 Å². The van der Waals surface area contributed by atoms with Crippen LogP contribution in [0.4, 0.5) is 18.9 Å². The summed E-state index contributed by atoms with van der Waals surface area (Å²) in [5, 5.41) is 2.33. The molecule has 0 aromatic heterocycles. The third-order valence-electron chi connectivity index (χ3n) is 3.85. The van der Waals surface area contributed by atoms with E-state index in [1.165, 1.54) is 12.1 Å². The smallest absolute Gasteiger partial charge is 0.324 e. The first kappa shape index (κ1) is 17.1. The van der Waals surface area contributed by atoms with Crippen molar-refractivity contribution in [3.05, 3.63) is 28.8 Å². The number of halogens is 4. The lowest BCUT2D eigenvalue weighted by atomic mass is 10.0. The number of alkyl halides is 3. The molecule has 1 aliphatic heterocycles. The number of carbonyl (C=O) groups is 1. The first-order chi connectivity index (χ1) is 10.3. The number of benzene rings is 1. The van der Waals surface area contributed by atoms with E-state index in [2.05, 4.69) is 5.32 Å². The first-order valence-corrected chi connectivity index (χ1v) is 7.56. The van der Waals surface area contributed by atoms with E-state index < -0.39 is 17.6 Å². The van der Waals surface area contributed by atoms with Gasteiger partial charge in [0.2, 0.25) is 5.91 Å². The molecule has 1 N–H and O–H groups in total. The normalized spacial score (nSPS) is 20.0. The molecular formula is C15H18ClF3N2O. The molecule has 1 atom stereocenters. The average Bonchev–Trinajstić information content (AvgIpc) is 2.42. The van der Waals surface area contributed by atoms with Crippen LogP contribution >= 0.6 is 11.6 Å². The summed E-state index contributed by atoms with van der Waals surface area (Å²) in [5.74, 6) is -0.443. The van der Waals surface area contributed by atoms with Gasteiger partial charge in [0.25, 0.3) is 0 Å². The Morgan fingerprint density at radius 2 is 2.14 bits per heavy atom. The summed E-state index contributed by atoms with van der Waals surface area (Å²) in [6, 6.07) is 3.60. The minimum atomic E-state index is -4.56. The molecule has 0 bridgehead atoms. The Morgan fingerprint density at radius 1 is 1.41 bits per heavy atom. The van der Waals surface area contributed by atoms with E-state index in [9.17, 15) is 18.0 Å². The fourth-order valence-electron chi connectivity index (χ4n) is 2.63. The Bertz CT molecular complexity index is 548. The number of amides is 1. The predicted octanol–water partition coefficient (Wildman–Crippen LogP) is 4.17. The maximum absolute atomic E-state index is 13.0. The molecule has 1 heterocycles. The lowest BCUT2D eigenvalue weighted by molar-refractivity contribution is -0.137. The summed E-state index contributed by atoms with van der Waals surface area (Å²) in [5.41, 5.74) is -1.19. The van der Waals surface area contributed by atoms with Crippen molar-refractivity contribution in [1.29, 1.82) is 0 Å². The van der Waals surface area contributed by atoms with Gasteiger partial charge < -0.3 is 5.32 Å². The van der Waals surface area contributed by atoms with E-state index in [1.807, 2.05) is 11.8 Å². The molecule has 0 aliphatic carbocycles. The van der Waals surface area contributed by atoms with Crippen LogP contribution in [-0.4, -0.2) is 29.9 Å². The molecular weight excluding hydrogens is 317 g/mol. The molecule has 1 saturated heterocycles. The summed E-state index contributed by atoms with van der Waals surface area (Å²) in [6.07, 6.45) is -1.44. The van der Waals surface area contributed by atoms with Crippen LogP contribution in [0, 0.1) is 0 Å². The third-order valence-corrected chi connectivity index (χ3v) is 4.08. The molecule has 122 valence electrons. The molecule has 0 saturated carbocycles. The number of hydrogen-bond donors (Lipinski definition) is 1. The van der Waals surface area contributed by atoms with Crippen molar-refractivity contribution < 1.29 is 18.0 Å². The second-order valence-electron chi connectivity index (χ2n) is 5.55. The molecule has 2 rings (SSSR count). The molecule has 1 amide bonds. The molecule has 22 heavy (non-hydrogen) atoms. The second-order valence-corrected chi connectivity index (χ2v) is 5.99. The van der Waals surface area contributed by atoms with E-state index >= 15 is 0 Å². The topological polar surface area (TPSA) is 32.3 Å². The van der Waals surface area contributed by atoms with Gasteiger partial charge in [-0.2, -0.15) is 13.2 Å². The Balaban J connectivity index is 2.08. The fourth-order valence-corrected chi connectivity index (χ4v) is 2.80. The fraction of sp³-hybridized carbons (Fsp3) is 0.533. The number of nitrogens with zero attached hydrogens (tertiary/aromatic N) is 1. The monoisotopic (exact) mass is 334 g/mol. The molecule has 1 aliphatic rings. The average molecular weight is 335 g/mol. The Labute approximate surface area is 132 Å².